The van der Waals surface area contributed by atoms with Gasteiger partial charge in [0, 0.05) is 9.13 Å². The number of halogens is 1. The van der Waals surface area contributed by atoms with Crippen molar-refractivity contribution < 1.29 is 10.2 Å². The third-order valence-electron chi connectivity index (χ3n) is 2.55. The third kappa shape index (κ3) is 2.04. The molecule has 0 saturated carbocycles. The van der Waals surface area contributed by atoms with E-state index in [0.717, 1.165) is 24.4 Å². The first-order chi connectivity index (χ1) is 8.63. The van der Waals surface area contributed by atoms with E-state index in [4.69, 9.17) is 0 Å². The molecular weight excluding hydrogens is 361 g/mol. The van der Waals surface area contributed by atoms with Gasteiger partial charge in [0.2, 0.25) is 0 Å². The van der Waals surface area contributed by atoms with Crippen LogP contribution < -0.4 is 0 Å². The van der Waals surface area contributed by atoms with Crippen molar-refractivity contribution in [3.05, 3.63) is 40.0 Å². The maximum absolute atomic E-state index is 9.57. The number of thiazole rings is 1. The van der Waals surface area contributed by atoms with Crippen LogP contribution in [0.25, 0.3) is 20.8 Å². The van der Waals surface area contributed by atoms with Crippen LogP contribution in [-0.2, 0) is 0 Å². The Balaban J connectivity index is 2.19. The molecular formula is C13H8INO2S. The normalized spacial score (nSPS) is 10.9. The number of fused-ring (bicyclic) bond motifs is 1. The number of rotatable bonds is 1. The van der Waals surface area contributed by atoms with Gasteiger partial charge in [0.25, 0.3) is 0 Å². The van der Waals surface area contributed by atoms with Crippen LogP contribution in [0.5, 0.6) is 11.5 Å². The SMILES string of the molecule is Oc1ccc(-c2nc3c(I)cc(O)cc3s2)cc1. The Morgan fingerprint density at radius 3 is 2.44 bits per heavy atom. The lowest BCUT2D eigenvalue weighted by molar-refractivity contribution is 0.475. The fourth-order valence-electron chi connectivity index (χ4n) is 1.70. The summed E-state index contributed by atoms with van der Waals surface area (Å²) in [4.78, 5) is 4.57. The first-order valence-electron chi connectivity index (χ1n) is 5.22. The summed E-state index contributed by atoms with van der Waals surface area (Å²) >= 11 is 3.69. The molecule has 0 aliphatic heterocycles. The number of phenols is 2. The Morgan fingerprint density at radius 2 is 1.72 bits per heavy atom. The Kier molecular flexibility index (Phi) is 2.87. The lowest BCUT2D eigenvalue weighted by Crippen LogP contribution is -1.77. The third-order valence-corrected chi connectivity index (χ3v) is 4.42. The van der Waals surface area contributed by atoms with E-state index < -0.39 is 0 Å². The van der Waals surface area contributed by atoms with Gasteiger partial charge in [-0.1, -0.05) is 0 Å². The van der Waals surface area contributed by atoms with E-state index in [0.29, 0.717) is 0 Å². The van der Waals surface area contributed by atoms with Gasteiger partial charge in [-0.3, -0.25) is 0 Å². The quantitative estimate of drug-likeness (QED) is 0.638. The summed E-state index contributed by atoms with van der Waals surface area (Å²) in [6.07, 6.45) is 0. The predicted octanol–water partition coefficient (Wildman–Crippen LogP) is 3.98. The lowest BCUT2D eigenvalue weighted by Gasteiger charge is -1.95. The standard InChI is InChI=1S/C13H8INO2S/c14-10-5-9(17)6-11-12(10)15-13(18-11)7-1-3-8(16)4-2-7/h1-6,16-17H. The molecule has 3 rings (SSSR count). The van der Waals surface area contributed by atoms with E-state index >= 15 is 0 Å². The Labute approximate surface area is 121 Å². The Hall–Kier alpha value is -1.34. The van der Waals surface area contributed by atoms with Crippen molar-refractivity contribution in [2.24, 2.45) is 0 Å². The molecule has 0 aliphatic carbocycles. The van der Waals surface area contributed by atoms with Gasteiger partial charge in [0.1, 0.15) is 16.5 Å². The number of nitrogens with zero attached hydrogens (tertiary/aromatic N) is 1. The summed E-state index contributed by atoms with van der Waals surface area (Å²) in [5, 5.41) is 19.7. The smallest absolute Gasteiger partial charge is 0.124 e. The summed E-state index contributed by atoms with van der Waals surface area (Å²) in [6, 6.07) is 10.4. The van der Waals surface area contributed by atoms with Crippen molar-refractivity contribution in [3.8, 4) is 22.1 Å². The molecule has 0 radical (unpaired) electrons. The average Bonchev–Trinajstić information content (AvgIpc) is 2.74. The van der Waals surface area contributed by atoms with E-state index in [2.05, 4.69) is 27.6 Å². The van der Waals surface area contributed by atoms with E-state index in [1.54, 1.807) is 24.3 Å². The molecule has 2 aromatic carbocycles. The molecule has 2 N–H and O–H groups in total. The Bertz CT molecular complexity index is 722. The topological polar surface area (TPSA) is 53.4 Å². The van der Waals surface area contributed by atoms with Crippen LogP contribution in [0.4, 0.5) is 0 Å². The van der Waals surface area contributed by atoms with Crippen LogP contribution in [0.2, 0.25) is 0 Å². The van der Waals surface area contributed by atoms with Crippen molar-refractivity contribution in [1.29, 1.82) is 0 Å². The van der Waals surface area contributed by atoms with Gasteiger partial charge in [-0.05, 0) is 59.0 Å². The second-order valence-electron chi connectivity index (χ2n) is 3.84. The maximum Gasteiger partial charge on any atom is 0.124 e. The van der Waals surface area contributed by atoms with Crippen LogP contribution in [0.3, 0.4) is 0 Å². The largest absolute Gasteiger partial charge is 0.508 e. The highest BCUT2D eigenvalue weighted by Crippen LogP contribution is 2.35. The maximum atomic E-state index is 9.57. The molecule has 1 aromatic heterocycles. The monoisotopic (exact) mass is 369 g/mol. The molecule has 0 aliphatic rings. The molecule has 1 heterocycles. The molecule has 18 heavy (non-hydrogen) atoms. The summed E-state index contributed by atoms with van der Waals surface area (Å²) in [5.41, 5.74) is 1.87. The van der Waals surface area contributed by atoms with E-state index in [-0.39, 0.29) is 11.5 Å². The fraction of sp³-hybridized carbons (Fsp3) is 0. The molecule has 0 unspecified atom stereocenters. The van der Waals surface area contributed by atoms with E-state index in [9.17, 15) is 10.2 Å². The van der Waals surface area contributed by atoms with Gasteiger partial charge in [-0.25, -0.2) is 4.98 Å². The summed E-state index contributed by atoms with van der Waals surface area (Å²) in [5.74, 6) is 0.500. The molecule has 0 amide bonds. The zero-order valence-electron chi connectivity index (χ0n) is 9.09. The molecule has 5 heteroatoms. The van der Waals surface area contributed by atoms with Gasteiger partial charge in [-0.15, -0.1) is 11.3 Å². The predicted molar refractivity (Wildman–Crippen MR) is 81.1 cm³/mol. The van der Waals surface area contributed by atoms with Crippen LogP contribution in [0.15, 0.2) is 36.4 Å². The van der Waals surface area contributed by atoms with Crippen molar-refractivity contribution in [3.63, 3.8) is 0 Å². The number of hydrogen-bond donors (Lipinski definition) is 2. The van der Waals surface area contributed by atoms with Gasteiger partial charge in [0.05, 0.1) is 10.2 Å². The van der Waals surface area contributed by atoms with Crippen LogP contribution >= 0.6 is 33.9 Å². The molecule has 0 fully saturated rings. The highest BCUT2D eigenvalue weighted by atomic mass is 127. The zero-order valence-corrected chi connectivity index (χ0v) is 12.1. The van der Waals surface area contributed by atoms with Crippen LogP contribution in [-0.4, -0.2) is 15.2 Å². The Morgan fingerprint density at radius 1 is 1.00 bits per heavy atom. The van der Waals surface area contributed by atoms with Gasteiger partial charge < -0.3 is 10.2 Å². The van der Waals surface area contributed by atoms with Gasteiger partial charge in [-0.2, -0.15) is 0 Å². The van der Waals surface area contributed by atoms with Crippen molar-refractivity contribution >= 4 is 44.1 Å². The highest BCUT2D eigenvalue weighted by Gasteiger charge is 2.10. The minimum Gasteiger partial charge on any atom is -0.508 e. The number of benzene rings is 2. The number of hydrogen-bond acceptors (Lipinski definition) is 4. The zero-order chi connectivity index (χ0) is 12.7. The number of aromatic hydroxyl groups is 2. The minimum atomic E-state index is 0.243. The average molecular weight is 369 g/mol. The summed E-state index contributed by atoms with van der Waals surface area (Å²) in [6.45, 7) is 0. The molecule has 0 atom stereocenters. The second-order valence-corrected chi connectivity index (χ2v) is 6.03. The summed E-state index contributed by atoms with van der Waals surface area (Å²) in [7, 11) is 0. The molecule has 0 spiro atoms. The molecule has 90 valence electrons. The first-order valence-corrected chi connectivity index (χ1v) is 7.11. The number of phenolic OH excluding ortho intramolecular Hbond substituents is 2. The summed E-state index contributed by atoms with van der Waals surface area (Å²) < 4.78 is 1.89. The van der Waals surface area contributed by atoms with Gasteiger partial charge in [0.15, 0.2) is 0 Å². The van der Waals surface area contributed by atoms with Crippen LogP contribution in [0.1, 0.15) is 0 Å². The van der Waals surface area contributed by atoms with Gasteiger partial charge >= 0.3 is 0 Å². The van der Waals surface area contributed by atoms with E-state index in [1.165, 1.54) is 11.3 Å². The molecule has 0 bridgehead atoms. The fourth-order valence-corrected chi connectivity index (χ4v) is 3.65. The molecule has 3 nitrogen and oxygen atoms in total. The van der Waals surface area contributed by atoms with Crippen molar-refractivity contribution in [2.45, 2.75) is 0 Å². The van der Waals surface area contributed by atoms with Crippen molar-refractivity contribution in [1.82, 2.24) is 4.98 Å². The second kappa shape index (κ2) is 4.40. The molecule has 0 saturated heterocycles. The van der Waals surface area contributed by atoms with E-state index in [1.807, 2.05) is 12.1 Å². The van der Waals surface area contributed by atoms with Crippen molar-refractivity contribution in [2.75, 3.05) is 0 Å². The highest BCUT2D eigenvalue weighted by molar-refractivity contribution is 14.1. The van der Waals surface area contributed by atoms with Crippen LogP contribution in [0, 0.1) is 3.57 Å². The molecule has 3 aromatic rings. The minimum absolute atomic E-state index is 0.243. The number of aromatic nitrogens is 1. The first kappa shape index (κ1) is 11.7. The lowest BCUT2D eigenvalue weighted by atomic mass is 10.2.